The Balaban J connectivity index is 4.01. The van der Waals surface area contributed by atoms with Gasteiger partial charge in [-0.3, -0.25) is 9.59 Å². The van der Waals surface area contributed by atoms with Crippen LogP contribution in [0.5, 0.6) is 0 Å². The van der Waals surface area contributed by atoms with Crippen LogP contribution >= 0.6 is 0 Å². The fourth-order valence-electron chi connectivity index (χ4n) is 0.771. The van der Waals surface area contributed by atoms with Gasteiger partial charge in [0.25, 0.3) is 0 Å². The van der Waals surface area contributed by atoms with Crippen LogP contribution in [0.25, 0.3) is 0 Å². The Bertz CT molecular complexity index is 253. The molecule has 86 valence electrons. The molecule has 2 amide bonds. The second-order valence-corrected chi connectivity index (χ2v) is 2.74. The van der Waals surface area contributed by atoms with Crippen molar-refractivity contribution in [2.45, 2.75) is 13.0 Å². The molecule has 0 saturated heterocycles. The highest BCUT2D eigenvalue weighted by Crippen LogP contribution is 1.86. The minimum atomic E-state index is -1.10. The van der Waals surface area contributed by atoms with E-state index in [9.17, 15) is 14.4 Å². The summed E-state index contributed by atoms with van der Waals surface area (Å²) in [5, 5.41) is 13.2. The summed E-state index contributed by atoms with van der Waals surface area (Å²) >= 11 is 0. The van der Waals surface area contributed by atoms with E-state index in [1.165, 1.54) is 6.92 Å². The van der Waals surface area contributed by atoms with Crippen molar-refractivity contribution in [1.29, 1.82) is 0 Å². The minimum Gasteiger partial charge on any atom is -0.467 e. The number of amides is 2. The predicted molar refractivity (Wildman–Crippen MR) is 49.7 cm³/mol. The molecule has 0 radical (unpaired) electrons. The molecule has 0 heterocycles. The Kier molecular flexibility index (Phi) is 6.03. The van der Waals surface area contributed by atoms with Crippen LogP contribution in [-0.4, -0.2) is 49.2 Å². The van der Waals surface area contributed by atoms with E-state index in [4.69, 9.17) is 5.11 Å². The zero-order valence-electron chi connectivity index (χ0n) is 8.57. The third-order valence-electron chi connectivity index (χ3n) is 1.50. The molecular weight excluding hydrogens is 204 g/mol. The first-order chi connectivity index (χ1) is 7.01. The maximum Gasteiger partial charge on any atom is 0.330 e. The number of methoxy groups -OCH3 is 1. The van der Waals surface area contributed by atoms with E-state index in [1.807, 2.05) is 0 Å². The van der Waals surface area contributed by atoms with Gasteiger partial charge in [0.1, 0.15) is 0 Å². The molecule has 0 saturated carbocycles. The fraction of sp³-hybridized carbons (Fsp3) is 0.625. The minimum absolute atomic E-state index is 0.247. The number of aliphatic hydroxyl groups excluding tert-OH is 1. The molecule has 0 aliphatic carbocycles. The highest BCUT2D eigenvalue weighted by molar-refractivity contribution is 5.87. The third-order valence-corrected chi connectivity index (χ3v) is 1.50. The predicted octanol–water partition coefficient (Wildman–Crippen LogP) is -2.23. The van der Waals surface area contributed by atoms with Gasteiger partial charge in [0.2, 0.25) is 11.8 Å². The summed E-state index contributed by atoms with van der Waals surface area (Å²) < 4.78 is 4.33. The number of hydrogen-bond donors (Lipinski definition) is 3. The van der Waals surface area contributed by atoms with Gasteiger partial charge in [-0.05, 0) is 0 Å². The molecule has 0 spiro atoms. The largest absolute Gasteiger partial charge is 0.467 e. The van der Waals surface area contributed by atoms with Crippen molar-refractivity contribution in [2.24, 2.45) is 0 Å². The second kappa shape index (κ2) is 6.77. The molecular formula is C8H14N2O5. The van der Waals surface area contributed by atoms with Crippen molar-refractivity contribution >= 4 is 17.8 Å². The first kappa shape index (κ1) is 13.4. The molecule has 0 fully saturated rings. The van der Waals surface area contributed by atoms with Gasteiger partial charge in [0.15, 0.2) is 6.04 Å². The van der Waals surface area contributed by atoms with Crippen LogP contribution in [-0.2, 0) is 19.1 Å². The fourth-order valence-corrected chi connectivity index (χ4v) is 0.771. The Morgan fingerprint density at radius 3 is 2.40 bits per heavy atom. The van der Waals surface area contributed by atoms with Gasteiger partial charge in [0, 0.05) is 6.92 Å². The Hall–Kier alpha value is -1.63. The van der Waals surface area contributed by atoms with E-state index in [-0.39, 0.29) is 12.5 Å². The number of carbonyl (C=O) groups excluding carboxylic acids is 3. The molecule has 7 nitrogen and oxygen atoms in total. The lowest BCUT2D eigenvalue weighted by molar-refractivity contribution is -0.146. The average Bonchev–Trinajstić information content (AvgIpc) is 2.21. The molecule has 0 aromatic rings. The molecule has 0 rings (SSSR count). The smallest absolute Gasteiger partial charge is 0.330 e. The van der Waals surface area contributed by atoms with Gasteiger partial charge >= 0.3 is 5.97 Å². The van der Waals surface area contributed by atoms with Crippen LogP contribution in [0, 0.1) is 0 Å². The SMILES string of the molecule is COC(=O)[C@H](CO)NC(=O)CNC(C)=O. The van der Waals surface area contributed by atoms with Crippen LogP contribution in [0.1, 0.15) is 6.92 Å². The normalized spacial score (nSPS) is 11.4. The third kappa shape index (κ3) is 5.63. The molecule has 0 aromatic heterocycles. The summed E-state index contributed by atoms with van der Waals surface area (Å²) in [7, 11) is 1.14. The van der Waals surface area contributed by atoms with Gasteiger partial charge in [-0.1, -0.05) is 0 Å². The molecule has 0 bridgehead atoms. The van der Waals surface area contributed by atoms with Crippen molar-refractivity contribution in [1.82, 2.24) is 10.6 Å². The van der Waals surface area contributed by atoms with Crippen LogP contribution in [0.4, 0.5) is 0 Å². The number of aliphatic hydroxyl groups is 1. The van der Waals surface area contributed by atoms with Crippen molar-refractivity contribution < 1.29 is 24.2 Å². The monoisotopic (exact) mass is 218 g/mol. The maximum absolute atomic E-state index is 11.1. The number of rotatable bonds is 5. The molecule has 0 unspecified atom stereocenters. The zero-order valence-corrected chi connectivity index (χ0v) is 8.57. The van der Waals surface area contributed by atoms with Gasteiger partial charge < -0.3 is 20.5 Å². The van der Waals surface area contributed by atoms with E-state index in [2.05, 4.69) is 15.4 Å². The van der Waals surface area contributed by atoms with Crippen molar-refractivity contribution in [2.75, 3.05) is 20.3 Å². The van der Waals surface area contributed by atoms with Crippen molar-refractivity contribution in [3.63, 3.8) is 0 Å². The number of nitrogens with one attached hydrogen (secondary N) is 2. The summed E-state index contributed by atoms with van der Waals surface area (Å²) in [6.45, 7) is 0.457. The number of ether oxygens (including phenoxy) is 1. The summed E-state index contributed by atoms with van der Waals surface area (Å²) in [6.07, 6.45) is 0. The summed E-state index contributed by atoms with van der Waals surface area (Å²) in [5.74, 6) is -1.67. The summed E-state index contributed by atoms with van der Waals surface area (Å²) in [4.78, 5) is 32.5. The molecule has 0 aliphatic rings. The summed E-state index contributed by atoms with van der Waals surface area (Å²) in [6, 6.07) is -1.10. The van der Waals surface area contributed by atoms with E-state index in [0.717, 1.165) is 7.11 Å². The van der Waals surface area contributed by atoms with E-state index in [1.54, 1.807) is 0 Å². The number of carbonyl (C=O) groups is 3. The number of hydrogen-bond acceptors (Lipinski definition) is 5. The first-order valence-electron chi connectivity index (χ1n) is 4.23. The molecule has 1 atom stereocenters. The quantitative estimate of drug-likeness (QED) is 0.453. The Morgan fingerprint density at radius 2 is 2.00 bits per heavy atom. The van der Waals surface area contributed by atoms with Gasteiger partial charge in [-0.25, -0.2) is 4.79 Å². The second-order valence-electron chi connectivity index (χ2n) is 2.74. The van der Waals surface area contributed by atoms with Gasteiger partial charge in [-0.2, -0.15) is 0 Å². The van der Waals surface area contributed by atoms with Gasteiger partial charge in [-0.15, -0.1) is 0 Å². The van der Waals surface area contributed by atoms with Crippen LogP contribution in [0.15, 0.2) is 0 Å². The van der Waals surface area contributed by atoms with Crippen molar-refractivity contribution in [3.8, 4) is 0 Å². The van der Waals surface area contributed by atoms with Gasteiger partial charge in [0.05, 0.1) is 20.3 Å². The molecule has 0 aromatic carbocycles. The van der Waals surface area contributed by atoms with Crippen LogP contribution in [0.3, 0.4) is 0 Å². The zero-order chi connectivity index (χ0) is 11.8. The molecule has 15 heavy (non-hydrogen) atoms. The van der Waals surface area contributed by atoms with E-state index in [0.29, 0.717) is 0 Å². The highest BCUT2D eigenvalue weighted by atomic mass is 16.5. The molecule has 3 N–H and O–H groups in total. The maximum atomic E-state index is 11.1. The standard InChI is InChI=1S/C8H14N2O5/c1-5(12)9-3-7(13)10-6(4-11)8(14)15-2/h6,11H,3-4H2,1-2H3,(H,9,12)(H,10,13)/t6-/m0/s1. The topological polar surface area (TPSA) is 105 Å². The Labute approximate surface area is 86.8 Å². The van der Waals surface area contributed by atoms with E-state index < -0.39 is 24.5 Å². The summed E-state index contributed by atoms with van der Waals surface area (Å²) in [5.41, 5.74) is 0. The number of esters is 1. The average molecular weight is 218 g/mol. The lowest BCUT2D eigenvalue weighted by Crippen LogP contribution is -2.47. The van der Waals surface area contributed by atoms with E-state index >= 15 is 0 Å². The lowest BCUT2D eigenvalue weighted by Gasteiger charge is -2.13. The highest BCUT2D eigenvalue weighted by Gasteiger charge is 2.19. The van der Waals surface area contributed by atoms with Crippen molar-refractivity contribution in [3.05, 3.63) is 0 Å². The first-order valence-corrected chi connectivity index (χ1v) is 4.23. The van der Waals surface area contributed by atoms with Crippen LogP contribution < -0.4 is 10.6 Å². The van der Waals surface area contributed by atoms with Crippen LogP contribution in [0.2, 0.25) is 0 Å². The molecule has 0 aliphatic heterocycles. The Morgan fingerprint density at radius 1 is 1.40 bits per heavy atom. The molecule has 7 heteroatoms. The lowest BCUT2D eigenvalue weighted by atomic mass is 10.3.